The quantitative estimate of drug-likeness (QED) is 0.760. The van der Waals surface area contributed by atoms with Crippen molar-refractivity contribution >= 4 is 5.69 Å². The molecule has 0 aliphatic carbocycles. The van der Waals surface area contributed by atoms with Crippen LogP contribution in [-0.4, -0.2) is 10.2 Å². The van der Waals surface area contributed by atoms with Crippen molar-refractivity contribution in [1.29, 1.82) is 0 Å². The van der Waals surface area contributed by atoms with Crippen molar-refractivity contribution in [2.75, 3.05) is 5.32 Å². The zero-order valence-corrected chi connectivity index (χ0v) is 11.9. The van der Waals surface area contributed by atoms with E-state index < -0.39 is 0 Å². The normalized spacial score (nSPS) is 10.8. The Hall–Kier alpha value is -2.56. The molecule has 0 atom stereocenters. The van der Waals surface area contributed by atoms with Gasteiger partial charge in [-0.2, -0.15) is 5.10 Å². The fraction of sp³-hybridized carbons (Fsp3) is 0.188. The molecule has 2 aromatic heterocycles. The molecule has 0 aliphatic heterocycles. The van der Waals surface area contributed by atoms with Crippen LogP contribution in [0.3, 0.4) is 0 Å². The van der Waals surface area contributed by atoms with Gasteiger partial charge in [0, 0.05) is 5.56 Å². The minimum absolute atomic E-state index is 0.252. The van der Waals surface area contributed by atoms with Crippen LogP contribution in [-0.2, 0) is 6.54 Å². The Balaban J connectivity index is 1.72. The lowest BCUT2D eigenvalue weighted by Gasteiger charge is -2.04. The molecule has 0 amide bonds. The summed E-state index contributed by atoms with van der Waals surface area (Å²) in [6.07, 6.45) is 0. The van der Waals surface area contributed by atoms with Gasteiger partial charge in [-0.3, -0.25) is 5.10 Å². The lowest BCUT2D eigenvalue weighted by molar-refractivity contribution is 0.531. The van der Waals surface area contributed by atoms with Gasteiger partial charge in [0.2, 0.25) is 0 Å². The number of hydrogen-bond donors (Lipinski definition) is 2. The van der Waals surface area contributed by atoms with Crippen molar-refractivity contribution < 1.29 is 8.81 Å². The highest BCUT2D eigenvalue weighted by molar-refractivity contribution is 5.57. The van der Waals surface area contributed by atoms with E-state index in [0.717, 1.165) is 34.2 Å². The monoisotopic (exact) mass is 285 g/mol. The third-order valence-electron chi connectivity index (χ3n) is 3.36. The van der Waals surface area contributed by atoms with Crippen molar-refractivity contribution in [3.63, 3.8) is 0 Å². The molecule has 0 fully saturated rings. The van der Waals surface area contributed by atoms with Crippen molar-refractivity contribution in [3.8, 4) is 11.3 Å². The number of nitrogens with one attached hydrogen (secondary N) is 2. The lowest BCUT2D eigenvalue weighted by atomic mass is 10.2. The van der Waals surface area contributed by atoms with Gasteiger partial charge >= 0.3 is 0 Å². The first kappa shape index (κ1) is 13.4. The number of benzene rings is 1. The molecule has 0 saturated carbocycles. The number of rotatable bonds is 4. The second-order valence-corrected chi connectivity index (χ2v) is 4.94. The van der Waals surface area contributed by atoms with Gasteiger partial charge in [-0.05, 0) is 50.2 Å². The van der Waals surface area contributed by atoms with E-state index in [0.29, 0.717) is 6.54 Å². The third-order valence-corrected chi connectivity index (χ3v) is 3.36. The molecule has 0 saturated heterocycles. The number of nitrogens with zero attached hydrogens (tertiary/aromatic N) is 1. The molecule has 0 spiro atoms. The molecule has 3 rings (SSSR count). The number of aryl methyl sites for hydroxylation is 2. The highest BCUT2D eigenvalue weighted by Gasteiger charge is 2.08. The summed E-state index contributed by atoms with van der Waals surface area (Å²) in [4.78, 5) is 0. The summed E-state index contributed by atoms with van der Waals surface area (Å²) in [5.74, 6) is 1.29. The topological polar surface area (TPSA) is 53.9 Å². The van der Waals surface area contributed by atoms with Crippen molar-refractivity contribution in [2.45, 2.75) is 20.4 Å². The van der Waals surface area contributed by atoms with Gasteiger partial charge in [-0.25, -0.2) is 4.39 Å². The SMILES string of the molecule is Cc1n[nH]c(C)c1NCc1ccc(-c2ccc(F)cc2)o1. The van der Waals surface area contributed by atoms with Crippen LogP contribution >= 0.6 is 0 Å². The predicted octanol–water partition coefficient (Wildman–Crippen LogP) is 4.04. The molecule has 0 radical (unpaired) electrons. The van der Waals surface area contributed by atoms with Crippen molar-refractivity contribution in [3.05, 3.63) is 59.4 Å². The maximum atomic E-state index is 12.9. The molecule has 3 aromatic rings. The highest BCUT2D eigenvalue weighted by atomic mass is 19.1. The second-order valence-electron chi connectivity index (χ2n) is 4.94. The van der Waals surface area contributed by atoms with Gasteiger partial charge in [-0.1, -0.05) is 0 Å². The van der Waals surface area contributed by atoms with Crippen molar-refractivity contribution in [2.24, 2.45) is 0 Å². The first-order valence-electron chi connectivity index (χ1n) is 6.73. The van der Waals surface area contributed by atoms with Gasteiger partial charge in [0.15, 0.2) is 0 Å². The molecule has 4 nitrogen and oxygen atoms in total. The molecule has 0 bridgehead atoms. The largest absolute Gasteiger partial charge is 0.459 e. The molecule has 2 N–H and O–H groups in total. The summed E-state index contributed by atoms with van der Waals surface area (Å²) in [7, 11) is 0. The Morgan fingerprint density at radius 3 is 2.57 bits per heavy atom. The number of hydrogen-bond acceptors (Lipinski definition) is 3. The first-order chi connectivity index (χ1) is 10.1. The molecule has 1 aromatic carbocycles. The van der Waals surface area contributed by atoms with Gasteiger partial charge < -0.3 is 9.73 Å². The average molecular weight is 285 g/mol. The fourth-order valence-electron chi connectivity index (χ4n) is 2.23. The van der Waals surface area contributed by atoms with E-state index in [1.807, 2.05) is 26.0 Å². The molecular weight excluding hydrogens is 269 g/mol. The van der Waals surface area contributed by atoms with E-state index in [1.54, 1.807) is 12.1 Å². The number of aromatic amines is 1. The summed E-state index contributed by atoms with van der Waals surface area (Å²) in [6.45, 7) is 4.48. The highest BCUT2D eigenvalue weighted by Crippen LogP contribution is 2.23. The van der Waals surface area contributed by atoms with E-state index in [9.17, 15) is 4.39 Å². The Morgan fingerprint density at radius 1 is 1.14 bits per heavy atom. The average Bonchev–Trinajstić information content (AvgIpc) is 3.06. The summed E-state index contributed by atoms with van der Waals surface area (Å²) in [6, 6.07) is 10.1. The number of H-pyrrole nitrogens is 1. The summed E-state index contributed by atoms with van der Waals surface area (Å²) >= 11 is 0. The molecule has 108 valence electrons. The van der Waals surface area contributed by atoms with Crippen LogP contribution in [0, 0.1) is 19.7 Å². The number of aromatic nitrogens is 2. The smallest absolute Gasteiger partial charge is 0.134 e. The zero-order valence-electron chi connectivity index (χ0n) is 11.9. The fourth-order valence-corrected chi connectivity index (χ4v) is 2.23. The zero-order chi connectivity index (χ0) is 14.8. The van der Waals surface area contributed by atoms with Gasteiger partial charge in [0.05, 0.1) is 23.6 Å². The predicted molar refractivity (Wildman–Crippen MR) is 79.5 cm³/mol. The van der Waals surface area contributed by atoms with E-state index in [2.05, 4.69) is 15.5 Å². The number of halogens is 1. The summed E-state index contributed by atoms with van der Waals surface area (Å²) < 4.78 is 18.7. The first-order valence-corrected chi connectivity index (χ1v) is 6.73. The van der Waals surface area contributed by atoms with Crippen LogP contribution in [0.5, 0.6) is 0 Å². The van der Waals surface area contributed by atoms with Crippen LogP contribution < -0.4 is 5.32 Å². The van der Waals surface area contributed by atoms with Crippen LogP contribution in [0.15, 0.2) is 40.8 Å². The third kappa shape index (κ3) is 2.81. The second kappa shape index (κ2) is 5.44. The lowest BCUT2D eigenvalue weighted by Crippen LogP contribution is -1.99. The minimum Gasteiger partial charge on any atom is -0.459 e. The molecule has 5 heteroatoms. The van der Waals surface area contributed by atoms with E-state index in [-0.39, 0.29) is 5.82 Å². The van der Waals surface area contributed by atoms with Crippen LogP contribution in [0.25, 0.3) is 11.3 Å². The molecular formula is C16H16FN3O. The Labute approximate surface area is 122 Å². The van der Waals surface area contributed by atoms with Gasteiger partial charge in [0.25, 0.3) is 0 Å². The van der Waals surface area contributed by atoms with E-state index in [4.69, 9.17) is 4.42 Å². The van der Waals surface area contributed by atoms with E-state index in [1.165, 1.54) is 12.1 Å². The Morgan fingerprint density at radius 2 is 1.90 bits per heavy atom. The molecule has 2 heterocycles. The summed E-state index contributed by atoms with van der Waals surface area (Å²) in [5.41, 5.74) is 3.78. The molecule has 0 unspecified atom stereocenters. The standard InChI is InChI=1S/C16H16FN3O/c1-10-16(11(2)20-19-10)18-9-14-7-8-15(21-14)12-3-5-13(17)6-4-12/h3-8,18H,9H2,1-2H3,(H,19,20). The Kier molecular flexibility index (Phi) is 3.48. The number of anilines is 1. The van der Waals surface area contributed by atoms with Gasteiger partial charge in [0.1, 0.15) is 17.3 Å². The van der Waals surface area contributed by atoms with E-state index >= 15 is 0 Å². The van der Waals surface area contributed by atoms with Gasteiger partial charge in [-0.15, -0.1) is 0 Å². The van der Waals surface area contributed by atoms with Crippen molar-refractivity contribution in [1.82, 2.24) is 10.2 Å². The maximum absolute atomic E-state index is 12.9. The number of furan rings is 1. The minimum atomic E-state index is -0.252. The molecule has 0 aliphatic rings. The van der Waals surface area contributed by atoms with Crippen LogP contribution in [0.4, 0.5) is 10.1 Å². The molecule has 21 heavy (non-hydrogen) atoms. The Bertz CT molecular complexity index is 724. The van der Waals surface area contributed by atoms with Crippen LogP contribution in [0.1, 0.15) is 17.1 Å². The summed E-state index contributed by atoms with van der Waals surface area (Å²) in [5, 5.41) is 10.4. The maximum Gasteiger partial charge on any atom is 0.134 e. The van der Waals surface area contributed by atoms with Crippen LogP contribution in [0.2, 0.25) is 0 Å².